The Kier molecular flexibility index (Phi) is 1.37. The first kappa shape index (κ1) is 7.22. The van der Waals surface area contributed by atoms with E-state index in [0.29, 0.717) is 0 Å². The summed E-state index contributed by atoms with van der Waals surface area (Å²) in [5, 5.41) is 10.4. The third-order valence-corrected chi connectivity index (χ3v) is 2.16. The third-order valence-electron chi connectivity index (χ3n) is 2.16. The molecule has 0 aliphatic carbocycles. The number of phenolic OH excluding ortho intramolecular Hbond substituents is 1. The van der Waals surface area contributed by atoms with Gasteiger partial charge >= 0.3 is 0 Å². The van der Waals surface area contributed by atoms with Gasteiger partial charge in [0.15, 0.2) is 0 Å². The van der Waals surface area contributed by atoms with Crippen molar-refractivity contribution in [1.82, 2.24) is 0 Å². The van der Waals surface area contributed by atoms with Crippen molar-refractivity contribution in [3.05, 3.63) is 29.5 Å². The van der Waals surface area contributed by atoms with Gasteiger partial charge in [-0.3, -0.25) is 0 Å². The molecule has 0 fully saturated rings. The summed E-state index contributed by atoms with van der Waals surface area (Å²) in [6.07, 6.45) is 1.71. The van der Waals surface area contributed by atoms with Gasteiger partial charge in [0, 0.05) is 10.9 Å². The Morgan fingerprint density at radius 2 is 2.00 bits per heavy atom. The zero-order valence-electron chi connectivity index (χ0n) is 7.09. The van der Waals surface area contributed by atoms with Crippen LogP contribution in [0.15, 0.2) is 22.8 Å². The highest BCUT2D eigenvalue weighted by Gasteiger charge is 2.06. The number of rotatable bonds is 0. The Morgan fingerprint density at radius 3 is 2.75 bits per heavy atom. The molecule has 2 heteroatoms. The fraction of sp³-hybridized carbons (Fsp3) is 0.200. The lowest BCUT2D eigenvalue weighted by Gasteiger charge is -1.97. The topological polar surface area (TPSA) is 33.4 Å². The monoisotopic (exact) mass is 162 g/mol. The van der Waals surface area contributed by atoms with Crippen LogP contribution in [0, 0.1) is 13.8 Å². The molecule has 0 amide bonds. The molecule has 2 nitrogen and oxygen atoms in total. The van der Waals surface area contributed by atoms with Crippen molar-refractivity contribution >= 4 is 11.0 Å². The molecule has 0 aliphatic rings. The highest BCUT2D eigenvalue weighted by molar-refractivity contribution is 5.85. The molecule has 0 saturated heterocycles. The lowest BCUT2D eigenvalue weighted by molar-refractivity contribution is 0.470. The predicted octanol–water partition coefficient (Wildman–Crippen LogP) is 2.76. The number of aryl methyl sites for hydroxylation is 2. The van der Waals surface area contributed by atoms with Crippen LogP contribution >= 0.6 is 0 Å². The van der Waals surface area contributed by atoms with Crippen LogP contribution in [-0.2, 0) is 0 Å². The second-order valence-corrected chi connectivity index (χ2v) is 3.01. The largest absolute Gasteiger partial charge is 0.508 e. The van der Waals surface area contributed by atoms with E-state index in [1.807, 2.05) is 19.9 Å². The van der Waals surface area contributed by atoms with E-state index in [2.05, 4.69) is 0 Å². The summed E-state index contributed by atoms with van der Waals surface area (Å²) in [6.45, 7) is 3.84. The first-order chi connectivity index (χ1) is 5.70. The van der Waals surface area contributed by atoms with Gasteiger partial charge in [-0.2, -0.15) is 0 Å². The Bertz CT molecular complexity index is 427. The number of hydrogen-bond acceptors (Lipinski definition) is 2. The van der Waals surface area contributed by atoms with Crippen LogP contribution in [0.5, 0.6) is 5.75 Å². The molecule has 62 valence electrons. The first-order valence-electron chi connectivity index (χ1n) is 3.86. The summed E-state index contributed by atoms with van der Waals surface area (Å²) >= 11 is 0. The predicted molar refractivity (Wildman–Crippen MR) is 47.4 cm³/mol. The molecule has 1 heterocycles. The van der Waals surface area contributed by atoms with Crippen molar-refractivity contribution in [2.45, 2.75) is 13.8 Å². The molecule has 0 atom stereocenters. The van der Waals surface area contributed by atoms with Gasteiger partial charge in [-0.05, 0) is 31.5 Å². The lowest BCUT2D eigenvalue weighted by atomic mass is 10.1. The molecular weight excluding hydrogens is 152 g/mol. The van der Waals surface area contributed by atoms with E-state index in [1.54, 1.807) is 12.3 Å². The van der Waals surface area contributed by atoms with Crippen LogP contribution < -0.4 is 0 Å². The summed E-state index contributed by atoms with van der Waals surface area (Å²) in [4.78, 5) is 0. The smallest absolute Gasteiger partial charge is 0.140 e. The van der Waals surface area contributed by atoms with Crippen molar-refractivity contribution < 1.29 is 9.52 Å². The fourth-order valence-electron chi connectivity index (χ4n) is 1.35. The fourth-order valence-corrected chi connectivity index (χ4v) is 1.35. The second kappa shape index (κ2) is 2.27. The minimum atomic E-state index is 0.289. The van der Waals surface area contributed by atoms with Gasteiger partial charge < -0.3 is 9.52 Å². The minimum Gasteiger partial charge on any atom is -0.508 e. The molecule has 1 aromatic carbocycles. The Morgan fingerprint density at radius 1 is 1.25 bits per heavy atom. The molecule has 1 N–H and O–H groups in total. The average Bonchev–Trinajstić information content (AvgIpc) is 2.41. The molecule has 0 spiro atoms. The quantitative estimate of drug-likeness (QED) is 0.646. The van der Waals surface area contributed by atoms with Crippen molar-refractivity contribution in [2.75, 3.05) is 0 Å². The van der Waals surface area contributed by atoms with Gasteiger partial charge in [0.05, 0.1) is 6.26 Å². The lowest BCUT2D eigenvalue weighted by Crippen LogP contribution is -1.75. The molecule has 12 heavy (non-hydrogen) atoms. The Balaban J connectivity index is 2.93. The highest BCUT2D eigenvalue weighted by atomic mass is 16.3. The maximum absolute atomic E-state index is 9.37. The highest BCUT2D eigenvalue weighted by Crippen LogP contribution is 2.29. The third kappa shape index (κ3) is 0.811. The van der Waals surface area contributed by atoms with Crippen molar-refractivity contribution in [2.24, 2.45) is 0 Å². The number of aromatic hydroxyl groups is 1. The number of phenols is 1. The molecule has 0 saturated carbocycles. The maximum Gasteiger partial charge on any atom is 0.140 e. The van der Waals surface area contributed by atoms with E-state index in [-0.39, 0.29) is 5.75 Å². The molecule has 0 radical (unpaired) electrons. The number of benzene rings is 1. The summed E-state index contributed by atoms with van der Waals surface area (Å²) < 4.78 is 5.30. The van der Waals surface area contributed by atoms with Crippen LogP contribution in [0.1, 0.15) is 11.1 Å². The second-order valence-electron chi connectivity index (χ2n) is 3.01. The van der Waals surface area contributed by atoms with Gasteiger partial charge in [-0.15, -0.1) is 0 Å². The van der Waals surface area contributed by atoms with Crippen molar-refractivity contribution in [3.63, 3.8) is 0 Å². The van der Waals surface area contributed by atoms with E-state index in [0.717, 1.165) is 22.1 Å². The number of fused-ring (bicyclic) bond motifs is 1. The van der Waals surface area contributed by atoms with Gasteiger partial charge in [0.1, 0.15) is 11.3 Å². The average molecular weight is 162 g/mol. The standard InChI is InChI=1S/C10H10O2/c1-6-5-12-10-7(2)9(11)4-3-8(6)10/h3-5,11H,1-2H3. The van der Waals surface area contributed by atoms with Crippen LogP contribution in [0.3, 0.4) is 0 Å². The first-order valence-corrected chi connectivity index (χ1v) is 3.86. The maximum atomic E-state index is 9.37. The minimum absolute atomic E-state index is 0.289. The molecule has 0 aliphatic heterocycles. The zero-order valence-corrected chi connectivity index (χ0v) is 7.09. The molecule has 0 bridgehead atoms. The summed E-state index contributed by atoms with van der Waals surface area (Å²) in [6, 6.07) is 3.57. The van der Waals surface area contributed by atoms with Crippen LogP contribution in [-0.4, -0.2) is 5.11 Å². The van der Waals surface area contributed by atoms with Crippen molar-refractivity contribution in [1.29, 1.82) is 0 Å². The van der Waals surface area contributed by atoms with Gasteiger partial charge in [0.2, 0.25) is 0 Å². The van der Waals surface area contributed by atoms with Gasteiger partial charge in [-0.25, -0.2) is 0 Å². The van der Waals surface area contributed by atoms with Gasteiger partial charge in [0.25, 0.3) is 0 Å². The van der Waals surface area contributed by atoms with E-state index in [1.165, 1.54) is 0 Å². The normalized spacial score (nSPS) is 10.8. The van der Waals surface area contributed by atoms with E-state index in [9.17, 15) is 5.11 Å². The zero-order chi connectivity index (χ0) is 8.72. The Hall–Kier alpha value is -1.44. The Labute approximate surface area is 70.4 Å². The van der Waals surface area contributed by atoms with E-state index in [4.69, 9.17) is 4.42 Å². The molecule has 2 rings (SSSR count). The number of furan rings is 1. The van der Waals surface area contributed by atoms with E-state index >= 15 is 0 Å². The molecule has 1 aromatic heterocycles. The summed E-state index contributed by atoms with van der Waals surface area (Å²) in [5.41, 5.74) is 2.70. The van der Waals surface area contributed by atoms with Crippen LogP contribution in [0.4, 0.5) is 0 Å². The van der Waals surface area contributed by atoms with Crippen molar-refractivity contribution in [3.8, 4) is 5.75 Å². The molecular formula is C10H10O2. The molecule has 2 aromatic rings. The van der Waals surface area contributed by atoms with Crippen LogP contribution in [0.25, 0.3) is 11.0 Å². The summed E-state index contributed by atoms with van der Waals surface area (Å²) in [5.74, 6) is 0.289. The summed E-state index contributed by atoms with van der Waals surface area (Å²) in [7, 11) is 0. The molecule has 0 unspecified atom stereocenters. The number of hydrogen-bond donors (Lipinski definition) is 1. The van der Waals surface area contributed by atoms with E-state index < -0.39 is 0 Å². The van der Waals surface area contributed by atoms with Gasteiger partial charge in [-0.1, -0.05) is 0 Å². The SMILES string of the molecule is Cc1coc2c(C)c(O)ccc12. The van der Waals surface area contributed by atoms with Crippen LogP contribution in [0.2, 0.25) is 0 Å².